The molecule has 0 heterocycles. The van der Waals surface area contributed by atoms with E-state index in [4.69, 9.17) is 4.74 Å². The third kappa shape index (κ3) is 2.86. The molecular formula is C16H25NO. The van der Waals surface area contributed by atoms with Gasteiger partial charge >= 0.3 is 0 Å². The highest BCUT2D eigenvalue weighted by atomic mass is 16.5. The van der Waals surface area contributed by atoms with E-state index in [0.717, 1.165) is 24.2 Å². The van der Waals surface area contributed by atoms with Gasteiger partial charge in [0, 0.05) is 6.04 Å². The summed E-state index contributed by atoms with van der Waals surface area (Å²) in [6, 6.07) is 9.01. The number of nitrogens with one attached hydrogen (secondary N) is 1. The zero-order chi connectivity index (χ0) is 13.0. The van der Waals surface area contributed by atoms with Crippen molar-refractivity contribution in [3.05, 3.63) is 29.8 Å². The zero-order valence-corrected chi connectivity index (χ0v) is 11.8. The molecule has 0 amide bonds. The average molecular weight is 247 g/mol. The van der Waals surface area contributed by atoms with Crippen LogP contribution in [0.4, 0.5) is 0 Å². The van der Waals surface area contributed by atoms with Crippen LogP contribution in [0.15, 0.2) is 24.3 Å². The van der Waals surface area contributed by atoms with E-state index in [-0.39, 0.29) is 0 Å². The molecule has 1 aliphatic carbocycles. The van der Waals surface area contributed by atoms with Crippen molar-refractivity contribution in [1.29, 1.82) is 0 Å². The minimum absolute atomic E-state index is 0.461. The van der Waals surface area contributed by atoms with Gasteiger partial charge in [-0.2, -0.15) is 0 Å². The molecule has 1 aromatic carbocycles. The van der Waals surface area contributed by atoms with Gasteiger partial charge in [0.2, 0.25) is 0 Å². The number of hydrogen-bond acceptors (Lipinski definition) is 2. The van der Waals surface area contributed by atoms with Crippen LogP contribution in [-0.2, 0) is 0 Å². The van der Waals surface area contributed by atoms with Crippen LogP contribution in [0, 0.1) is 11.8 Å². The predicted molar refractivity (Wildman–Crippen MR) is 75.9 cm³/mol. The second-order valence-corrected chi connectivity index (χ2v) is 5.34. The van der Waals surface area contributed by atoms with Gasteiger partial charge in [0.1, 0.15) is 5.75 Å². The van der Waals surface area contributed by atoms with E-state index in [0.29, 0.717) is 6.04 Å². The first-order valence-corrected chi connectivity index (χ1v) is 7.16. The first-order chi connectivity index (χ1) is 8.76. The summed E-state index contributed by atoms with van der Waals surface area (Å²) in [6.07, 6.45) is 4.08. The van der Waals surface area contributed by atoms with Crippen LogP contribution < -0.4 is 10.1 Å². The van der Waals surface area contributed by atoms with Crippen LogP contribution in [0.2, 0.25) is 0 Å². The Kier molecular flexibility index (Phi) is 4.65. The van der Waals surface area contributed by atoms with Crippen molar-refractivity contribution < 1.29 is 4.74 Å². The molecule has 3 unspecified atom stereocenters. The van der Waals surface area contributed by atoms with Gasteiger partial charge in [0.15, 0.2) is 0 Å². The van der Waals surface area contributed by atoms with E-state index in [1.807, 2.05) is 13.0 Å². The van der Waals surface area contributed by atoms with E-state index in [1.165, 1.54) is 24.8 Å². The Hall–Kier alpha value is -1.02. The Balaban J connectivity index is 2.18. The molecule has 1 aliphatic rings. The minimum atomic E-state index is 0.461. The minimum Gasteiger partial charge on any atom is -0.494 e. The molecule has 0 radical (unpaired) electrons. The molecule has 0 aromatic heterocycles. The Labute approximate surface area is 111 Å². The summed E-state index contributed by atoms with van der Waals surface area (Å²) >= 11 is 0. The third-order valence-corrected chi connectivity index (χ3v) is 4.20. The summed E-state index contributed by atoms with van der Waals surface area (Å²) < 4.78 is 5.60. The largest absolute Gasteiger partial charge is 0.494 e. The summed E-state index contributed by atoms with van der Waals surface area (Å²) in [5, 5.41) is 3.50. The van der Waals surface area contributed by atoms with E-state index in [2.05, 4.69) is 37.5 Å². The van der Waals surface area contributed by atoms with Crippen molar-refractivity contribution in [3.8, 4) is 5.75 Å². The molecule has 0 saturated heterocycles. The van der Waals surface area contributed by atoms with Crippen LogP contribution in [0.25, 0.3) is 0 Å². The molecule has 2 nitrogen and oxygen atoms in total. The van der Waals surface area contributed by atoms with Gasteiger partial charge in [-0.15, -0.1) is 0 Å². The van der Waals surface area contributed by atoms with Crippen molar-refractivity contribution in [1.82, 2.24) is 5.32 Å². The third-order valence-electron chi connectivity index (χ3n) is 4.20. The van der Waals surface area contributed by atoms with Crippen LogP contribution >= 0.6 is 0 Å². The molecule has 0 bridgehead atoms. The monoisotopic (exact) mass is 247 g/mol. The lowest BCUT2D eigenvalue weighted by atomic mass is 9.86. The Morgan fingerprint density at radius 2 is 2.22 bits per heavy atom. The zero-order valence-electron chi connectivity index (χ0n) is 11.8. The molecule has 2 rings (SSSR count). The van der Waals surface area contributed by atoms with Gasteiger partial charge in [-0.3, -0.25) is 0 Å². The maximum absolute atomic E-state index is 5.60. The lowest BCUT2D eigenvalue weighted by Crippen LogP contribution is -2.26. The van der Waals surface area contributed by atoms with Crippen molar-refractivity contribution in [3.63, 3.8) is 0 Å². The van der Waals surface area contributed by atoms with Gasteiger partial charge in [-0.05, 0) is 49.9 Å². The lowest BCUT2D eigenvalue weighted by molar-refractivity contribution is 0.311. The van der Waals surface area contributed by atoms with Crippen molar-refractivity contribution in [2.75, 3.05) is 13.7 Å². The smallest absolute Gasteiger partial charge is 0.119 e. The molecule has 1 fully saturated rings. The van der Waals surface area contributed by atoms with Crippen molar-refractivity contribution in [2.45, 2.75) is 39.2 Å². The molecular weight excluding hydrogens is 222 g/mol. The summed E-state index contributed by atoms with van der Waals surface area (Å²) in [5.74, 6) is 2.56. The normalized spacial score (nSPS) is 25.1. The lowest BCUT2D eigenvalue weighted by Gasteiger charge is -2.27. The first-order valence-electron chi connectivity index (χ1n) is 7.16. The van der Waals surface area contributed by atoms with Crippen LogP contribution in [0.5, 0.6) is 5.75 Å². The second-order valence-electron chi connectivity index (χ2n) is 5.34. The van der Waals surface area contributed by atoms with Crippen LogP contribution in [0.3, 0.4) is 0 Å². The standard InChI is InChI=1S/C16H25NO/c1-4-18-14-9-6-8-13(11-14)16(17-3)15-10-5-7-12(15)2/h6,8-9,11-12,15-17H,4-5,7,10H2,1-3H3. The summed E-state index contributed by atoms with van der Waals surface area (Å²) in [7, 11) is 2.07. The van der Waals surface area contributed by atoms with E-state index >= 15 is 0 Å². The molecule has 1 aromatic rings. The predicted octanol–water partition coefficient (Wildman–Crippen LogP) is 3.78. The summed E-state index contributed by atoms with van der Waals surface area (Å²) in [4.78, 5) is 0. The fraction of sp³-hybridized carbons (Fsp3) is 0.625. The highest BCUT2D eigenvalue weighted by molar-refractivity contribution is 5.31. The molecule has 0 aliphatic heterocycles. The van der Waals surface area contributed by atoms with Crippen LogP contribution in [0.1, 0.15) is 44.7 Å². The molecule has 0 spiro atoms. The quantitative estimate of drug-likeness (QED) is 0.855. The Morgan fingerprint density at radius 1 is 1.39 bits per heavy atom. The number of rotatable bonds is 5. The fourth-order valence-electron chi connectivity index (χ4n) is 3.26. The highest BCUT2D eigenvalue weighted by Crippen LogP contribution is 2.40. The van der Waals surface area contributed by atoms with Gasteiger partial charge < -0.3 is 10.1 Å². The molecule has 1 N–H and O–H groups in total. The molecule has 18 heavy (non-hydrogen) atoms. The van der Waals surface area contributed by atoms with E-state index < -0.39 is 0 Å². The van der Waals surface area contributed by atoms with E-state index in [1.54, 1.807) is 0 Å². The van der Waals surface area contributed by atoms with Crippen LogP contribution in [-0.4, -0.2) is 13.7 Å². The van der Waals surface area contributed by atoms with Gasteiger partial charge in [0.25, 0.3) is 0 Å². The van der Waals surface area contributed by atoms with Crippen molar-refractivity contribution >= 4 is 0 Å². The molecule has 3 atom stereocenters. The molecule has 100 valence electrons. The fourth-order valence-corrected chi connectivity index (χ4v) is 3.26. The Bertz CT molecular complexity index is 377. The topological polar surface area (TPSA) is 21.3 Å². The SMILES string of the molecule is CCOc1cccc(C(NC)C2CCCC2C)c1. The maximum atomic E-state index is 5.60. The van der Waals surface area contributed by atoms with Gasteiger partial charge in [0.05, 0.1) is 6.61 Å². The number of hydrogen-bond donors (Lipinski definition) is 1. The average Bonchev–Trinajstić information content (AvgIpc) is 2.78. The number of benzene rings is 1. The van der Waals surface area contributed by atoms with E-state index in [9.17, 15) is 0 Å². The molecule has 1 saturated carbocycles. The second kappa shape index (κ2) is 6.24. The molecule has 2 heteroatoms. The van der Waals surface area contributed by atoms with Gasteiger partial charge in [-0.25, -0.2) is 0 Å². The summed E-state index contributed by atoms with van der Waals surface area (Å²) in [6.45, 7) is 5.14. The Morgan fingerprint density at radius 3 is 2.83 bits per heavy atom. The summed E-state index contributed by atoms with van der Waals surface area (Å²) in [5.41, 5.74) is 1.36. The van der Waals surface area contributed by atoms with Crippen molar-refractivity contribution in [2.24, 2.45) is 11.8 Å². The number of ether oxygens (including phenoxy) is 1. The maximum Gasteiger partial charge on any atom is 0.119 e. The van der Waals surface area contributed by atoms with Gasteiger partial charge in [-0.1, -0.05) is 31.9 Å². The first kappa shape index (κ1) is 13.4. The highest BCUT2D eigenvalue weighted by Gasteiger charge is 2.30.